The number of aliphatic hydroxyl groups is 1. The van der Waals surface area contributed by atoms with E-state index in [9.17, 15) is 18.0 Å². The summed E-state index contributed by atoms with van der Waals surface area (Å²) in [4.78, 5) is 21.1. The van der Waals surface area contributed by atoms with Crippen molar-refractivity contribution in [1.82, 2.24) is 19.7 Å². The number of amides is 1. The molecule has 4 aromatic rings. The van der Waals surface area contributed by atoms with E-state index in [-0.39, 0.29) is 12.2 Å². The third-order valence-corrected chi connectivity index (χ3v) is 5.33. The minimum atomic E-state index is -4.54. The van der Waals surface area contributed by atoms with E-state index >= 15 is 0 Å². The Hall–Kier alpha value is -4.45. The number of hydrogen-bond acceptors (Lipinski definition) is 7. The number of aryl methyl sites for hydroxylation is 2. The van der Waals surface area contributed by atoms with E-state index in [0.29, 0.717) is 35.4 Å². The molecule has 1 amide bonds. The van der Waals surface area contributed by atoms with Crippen LogP contribution in [0.1, 0.15) is 27.2 Å². The van der Waals surface area contributed by atoms with Crippen LogP contribution in [0.4, 0.5) is 36.2 Å². The van der Waals surface area contributed by atoms with Gasteiger partial charge in [0.25, 0.3) is 5.91 Å². The van der Waals surface area contributed by atoms with Crippen molar-refractivity contribution in [2.24, 2.45) is 0 Å². The first-order valence-electron chi connectivity index (χ1n) is 11.2. The maximum atomic E-state index is 13.0. The van der Waals surface area contributed by atoms with Crippen LogP contribution in [0.3, 0.4) is 0 Å². The van der Waals surface area contributed by atoms with Crippen molar-refractivity contribution in [3.05, 3.63) is 83.3 Å². The number of carbonyl (C=O) groups is 1. The molecule has 12 heteroatoms. The standard InChI is InChI=1S/C25H24F3N7O2/c1-15-6-7-19(32-24(37)17-4-3-5-18(11-17)25(26,27)28)12-20(15)33-23-10-16(2)34-35(23)22-13-21(29-8-9-36)30-14-31-22/h3-7,10-14,33,36H,8-9H2,1-2H3,(H,32,37)(H,29,30,31). The quantitative estimate of drug-likeness (QED) is 0.271. The number of alkyl halides is 3. The van der Waals surface area contributed by atoms with Gasteiger partial charge in [0.05, 0.1) is 17.9 Å². The van der Waals surface area contributed by atoms with E-state index in [1.54, 1.807) is 28.9 Å². The third-order valence-electron chi connectivity index (χ3n) is 5.33. The summed E-state index contributed by atoms with van der Waals surface area (Å²) >= 11 is 0. The number of halogens is 3. The highest BCUT2D eigenvalue weighted by molar-refractivity contribution is 6.04. The monoisotopic (exact) mass is 511 g/mol. The van der Waals surface area contributed by atoms with E-state index < -0.39 is 17.6 Å². The zero-order valence-electron chi connectivity index (χ0n) is 20.0. The number of benzene rings is 2. The Morgan fingerprint density at radius 2 is 1.86 bits per heavy atom. The van der Waals surface area contributed by atoms with E-state index in [0.717, 1.165) is 23.4 Å². The van der Waals surface area contributed by atoms with Crippen LogP contribution in [0.25, 0.3) is 5.82 Å². The number of aliphatic hydroxyl groups excluding tert-OH is 1. The lowest BCUT2D eigenvalue weighted by atomic mass is 10.1. The molecule has 0 spiro atoms. The molecule has 0 unspecified atom stereocenters. The zero-order valence-corrected chi connectivity index (χ0v) is 20.0. The summed E-state index contributed by atoms with van der Waals surface area (Å²) in [7, 11) is 0. The molecule has 0 fully saturated rings. The molecule has 2 heterocycles. The summed E-state index contributed by atoms with van der Waals surface area (Å²) in [5, 5.41) is 22.4. The van der Waals surface area contributed by atoms with Crippen molar-refractivity contribution < 1.29 is 23.1 Å². The molecule has 2 aromatic carbocycles. The molecule has 4 rings (SSSR count). The van der Waals surface area contributed by atoms with Gasteiger partial charge in [-0.25, -0.2) is 9.97 Å². The van der Waals surface area contributed by atoms with Crippen LogP contribution in [0.5, 0.6) is 0 Å². The number of carbonyl (C=O) groups excluding carboxylic acids is 1. The minimum Gasteiger partial charge on any atom is -0.395 e. The lowest BCUT2D eigenvalue weighted by Crippen LogP contribution is -2.14. The Labute approximate surface area is 210 Å². The number of nitrogens with one attached hydrogen (secondary N) is 3. The zero-order chi connectivity index (χ0) is 26.6. The van der Waals surface area contributed by atoms with E-state index in [1.165, 1.54) is 18.5 Å². The molecule has 2 aromatic heterocycles. The maximum Gasteiger partial charge on any atom is 0.416 e. The lowest BCUT2D eigenvalue weighted by Gasteiger charge is -2.14. The van der Waals surface area contributed by atoms with Gasteiger partial charge in [-0.3, -0.25) is 4.79 Å². The maximum absolute atomic E-state index is 13.0. The summed E-state index contributed by atoms with van der Waals surface area (Å²) in [6, 6.07) is 12.9. The SMILES string of the molecule is Cc1cc(Nc2cc(NC(=O)c3cccc(C(F)(F)F)c3)ccc2C)n(-c2cc(NCCO)ncn2)n1. The van der Waals surface area contributed by atoms with Gasteiger partial charge in [-0.2, -0.15) is 23.0 Å². The smallest absolute Gasteiger partial charge is 0.395 e. The van der Waals surface area contributed by atoms with Gasteiger partial charge in [0.15, 0.2) is 5.82 Å². The van der Waals surface area contributed by atoms with Gasteiger partial charge in [0.1, 0.15) is 18.0 Å². The largest absolute Gasteiger partial charge is 0.416 e. The molecular formula is C25H24F3N7O2. The Morgan fingerprint density at radius 3 is 2.62 bits per heavy atom. The average Bonchev–Trinajstić information content (AvgIpc) is 3.24. The average molecular weight is 512 g/mol. The normalized spacial score (nSPS) is 11.3. The molecule has 0 saturated carbocycles. The summed E-state index contributed by atoms with van der Waals surface area (Å²) in [6.45, 7) is 3.98. The number of rotatable bonds is 8. The second-order valence-electron chi connectivity index (χ2n) is 8.18. The first-order chi connectivity index (χ1) is 17.6. The van der Waals surface area contributed by atoms with Crippen LogP contribution >= 0.6 is 0 Å². The summed E-state index contributed by atoms with van der Waals surface area (Å²) < 4.78 is 40.7. The Bertz CT molecular complexity index is 1420. The highest BCUT2D eigenvalue weighted by Gasteiger charge is 2.30. The highest BCUT2D eigenvalue weighted by Crippen LogP contribution is 2.30. The van der Waals surface area contributed by atoms with Crippen molar-refractivity contribution in [3.8, 4) is 5.82 Å². The second kappa shape index (κ2) is 10.7. The van der Waals surface area contributed by atoms with E-state index in [4.69, 9.17) is 5.11 Å². The van der Waals surface area contributed by atoms with Crippen LogP contribution in [0, 0.1) is 13.8 Å². The number of hydrogen-bond donors (Lipinski definition) is 4. The van der Waals surface area contributed by atoms with Crippen LogP contribution in [-0.2, 0) is 6.18 Å². The lowest BCUT2D eigenvalue weighted by molar-refractivity contribution is -0.137. The molecule has 0 aliphatic heterocycles. The first kappa shape index (κ1) is 25.6. The Kier molecular flexibility index (Phi) is 7.39. The molecule has 37 heavy (non-hydrogen) atoms. The molecular weight excluding hydrogens is 487 g/mol. The van der Waals surface area contributed by atoms with Gasteiger partial charge in [-0.05, 0) is 49.7 Å². The predicted octanol–water partition coefficient (Wildman–Crippen LogP) is 4.70. The number of anilines is 4. The fraction of sp³-hybridized carbons (Fsp3) is 0.200. The van der Waals surface area contributed by atoms with Crippen LogP contribution < -0.4 is 16.0 Å². The Morgan fingerprint density at radius 1 is 1.05 bits per heavy atom. The minimum absolute atomic E-state index is 0.0487. The molecule has 9 nitrogen and oxygen atoms in total. The van der Waals surface area contributed by atoms with Crippen molar-refractivity contribution in [2.45, 2.75) is 20.0 Å². The molecule has 0 aliphatic carbocycles. The predicted molar refractivity (Wildman–Crippen MR) is 133 cm³/mol. The molecule has 4 N–H and O–H groups in total. The third kappa shape index (κ3) is 6.22. The second-order valence-corrected chi connectivity index (χ2v) is 8.18. The van der Waals surface area contributed by atoms with E-state index in [2.05, 4.69) is 31.0 Å². The van der Waals surface area contributed by atoms with Gasteiger partial charge in [-0.1, -0.05) is 12.1 Å². The van der Waals surface area contributed by atoms with Gasteiger partial charge in [-0.15, -0.1) is 0 Å². The number of nitrogens with zero attached hydrogens (tertiary/aromatic N) is 4. The van der Waals surface area contributed by atoms with Gasteiger partial charge >= 0.3 is 6.18 Å². The fourth-order valence-corrected chi connectivity index (χ4v) is 3.52. The van der Waals surface area contributed by atoms with Gasteiger partial charge < -0.3 is 21.1 Å². The van der Waals surface area contributed by atoms with Gasteiger partial charge in [0, 0.05) is 35.6 Å². The molecule has 0 bridgehead atoms. The fourth-order valence-electron chi connectivity index (χ4n) is 3.52. The van der Waals surface area contributed by atoms with Crippen LogP contribution in [0.15, 0.2) is 60.9 Å². The molecule has 0 aliphatic rings. The Balaban J connectivity index is 1.57. The van der Waals surface area contributed by atoms with E-state index in [1.807, 2.05) is 19.9 Å². The van der Waals surface area contributed by atoms with Crippen molar-refractivity contribution in [2.75, 3.05) is 29.1 Å². The molecule has 0 saturated heterocycles. The summed E-state index contributed by atoms with van der Waals surface area (Å²) in [5.41, 5.74) is 1.63. The number of aromatic nitrogens is 4. The summed E-state index contributed by atoms with van der Waals surface area (Å²) in [6.07, 6.45) is -3.16. The molecule has 192 valence electrons. The molecule has 0 radical (unpaired) electrons. The van der Waals surface area contributed by atoms with Crippen molar-refractivity contribution in [1.29, 1.82) is 0 Å². The van der Waals surface area contributed by atoms with Crippen molar-refractivity contribution in [3.63, 3.8) is 0 Å². The first-order valence-corrected chi connectivity index (χ1v) is 11.2. The summed E-state index contributed by atoms with van der Waals surface area (Å²) in [5.74, 6) is 0.936. The highest BCUT2D eigenvalue weighted by atomic mass is 19.4. The van der Waals surface area contributed by atoms with Gasteiger partial charge in [0.2, 0.25) is 0 Å². The van der Waals surface area contributed by atoms with Crippen LogP contribution in [-0.4, -0.2) is 43.9 Å². The van der Waals surface area contributed by atoms with Crippen LogP contribution in [0.2, 0.25) is 0 Å². The van der Waals surface area contributed by atoms with Crippen molar-refractivity contribution >= 4 is 28.9 Å². The topological polar surface area (TPSA) is 117 Å². The molecule has 0 atom stereocenters.